The third-order valence-corrected chi connectivity index (χ3v) is 3.92. The Kier molecular flexibility index (Phi) is 5.05. The number of aromatic nitrogens is 3. The molecule has 24 heavy (non-hydrogen) atoms. The number of carbonyl (C=O) groups excluding carboxylic acids is 1. The summed E-state index contributed by atoms with van der Waals surface area (Å²) >= 11 is 0. The Hall–Kier alpha value is -2.48. The summed E-state index contributed by atoms with van der Waals surface area (Å²) in [4.78, 5) is 14.0. The van der Waals surface area contributed by atoms with Gasteiger partial charge in [0.05, 0.1) is 18.8 Å². The second-order valence-corrected chi connectivity index (χ2v) is 5.65. The second-order valence-electron chi connectivity index (χ2n) is 5.65. The zero-order valence-corrected chi connectivity index (χ0v) is 13.4. The molecule has 1 amide bonds. The van der Waals surface area contributed by atoms with Crippen LogP contribution in [0.15, 0.2) is 30.5 Å². The lowest BCUT2D eigenvalue weighted by Crippen LogP contribution is -2.33. The summed E-state index contributed by atoms with van der Waals surface area (Å²) in [7, 11) is 1.61. The van der Waals surface area contributed by atoms with Crippen LogP contribution in [0.5, 0.6) is 5.75 Å². The highest BCUT2D eigenvalue weighted by Gasteiger charge is 2.28. The van der Waals surface area contributed by atoms with Gasteiger partial charge in [-0.1, -0.05) is 5.21 Å². The number of ether oxygens (including phenoxy) is 2. The van der Waals surface area contributed by atoms with Crippen LogP contribution in [0.2, 0.25) is 0 Å². The van der Waals surface area contributed by atoms with E-state index in [1.165, 1.54) is 24.3 Å². The number of likely N-dealkylation sites (tertiary alicyclic amines) is 1. The maximum atomic E-state index is 12.8. The van der Waals surface area contributed by atoms with E-state index in [4.69, 9.17) is 9.47 Å². The fourth-order valence-electron chi connectivity index (χ4n) is 2.66. The smallest absolute Gasteiger partial charge is 0.260 e. The number of hydrogen-bond acceptors (Lipinski definition) is 5. The molecule has 8 heteroatoms. The van der Waals surface area contributed by atoms with E-state index in [0.29, 0.717) is 25.4 Å². The molecule has 1 saturated heterocycles. The Morgan fingerprint density at radius 1 is 1.38 bits per heavy atom. The molecule has 3 rings (SSSR count). The lowest BCUT2D eigenvalue weighted by atomic mass is 10.3. The van der Waals surface area contributed by atoms with Crippen LogP contribution in [-0.2, 0) is 16.1 Å². The Balaban J connectivity index is 1.50. The average Bonchev–Trinajstić information content (AvgIpc) is 3.23. The predicted octanol–water partition coefficient (Wildman–Crippen LogP) is 1.42. The van der Waals surface area contributed by atoms with Gasteiger partial charge in [0.15, 0.2) is 6.61 Å². The molecule has 0 aliphatic carbocycles. The van der Waals surface area contributed by atoms with Gasteiger partial charge >= 0.3 is 0 Å². The van der Waals surface area contributed by atoms with Crippen LogP contribution in [0.25, 0.3) is 0 Å². The van der Waals surface area contributed by atoms with Crippen LogP contribution in [0, 0.1) is 5.82 Å². The van der Waals surface area contributed by atoms with Crippen molar-refractivity contribution in [1.82, 2.24) is 19.9 Å². The van der Waals surface area contributed by atoms with Gasteiger partial charge in [0.2, 0.25) is 0 Å². The molecule has 1 aromatic heterocycles. The number of methoxy groups -OCH3 is 1. The van der Waals surface area contributed by atoms with Crippen LogP contribution in [0.3, 0.4) is 0 Å². The Labute approximate surface area is 139 Å². The van der Waals surface area contributed by atoms with Crippen molar-refractivity contribution in [2.75, 3.05) is 26.8 Å². The lowest BCUT2D eigenvalue weighted by molar-refractivity contribution is -0.132. The van der Waals surface area contributed by atoms with Crippen molar-refractivity contribution in [1.29, 1.82) is 0 Å². The highest BCUT2D eigenvalue weighted by Crippen LogP contribution is 2.21. The highest BCUT2D eigenvalue weighted by molar-refractivity contribution is 5.78. The molecule has 1 aromatic carbocycles. The van der Waals surface area contributed by atoms with Crippen molar-refractivity contribution in [3.63, 3.8) is 0 Å². The van der Waals surface area contributed by atoms with E-state index in [1.807, 2.05) is 6.20 Å². The third kappa shape index (κ3) is 3.88. The zero-order valence-electron chi connectivity index (χ0n) is 13.4. The van der Waals surface area contributed by atoms with Gasteiger partial charge in [-0.2, -0.15) is 0 Å². The van der Waals surface area contributed by atoms with E-state index < -0.39 is 0 Å². The predicted molar refractivity (Wildman–Crippen MR) is 82.9 cm³/mol. The topological polar surface area (TPSA) is 69.5 Å². The second kappa shape index (κ2) is 7.39. The summed E-state index contributed by atoms with van der Waals surface area (Å²) in [6, 6.07) is 5.71. The molecule has 2 aromatic rings. The maximum Gasteiger partial charge on any atom is 0.260 e. The Bertz CT molecular complexity index is 689. The third-order valence-electron chi connectivity index (χ3n) is 3.92. The molecule has 1 fully saturated rings. The summed E-state index contributed by atoms with van der Waals surface area (Å²) in [5.41, 5.74) is 0.766. The molecule has 0 radical (unpaired) electrons. The Morgan fingerprint density at radius 2 is 2.17 bits per heavy atom. The standard InChI is InChI=1S/C16H19FN4O3/c1-23-10-13-8-21(19-18-13)14-6-7-20(9-14)16(22)11-24-15-4-2-12(17)3-5-15/h2-5,8,14H,6-7,9-11H2,1H3. The van der Waals surface area contributed by atoms with Gasteiger partial charge in [0.25, 0.3) is 5.91 Å². The van der Waals surface area contributed by atoms with Crippen molar-refractivity contribution in [2.45, 2.75) is 19.1 Å². The number of halogens is 1. The minimum absolute atomic E-state index is 0.0648. The minimum atomic E-state index is -0.336. The molecule has 128 valence electrons. The number of rotatable bonds is 6. The number of nitrogens with zero attached hydrogens (tertiary/aromatic N) is 4. The highest BCUT2D eigenvalue weighted by atomic mass is 19.1. The SMILES string of the molecule is COCc1cn(C2CCN(C(=O)COc3ccc(F)cc3)C2)nn1. The first-order chi connectivity index (χ1) is 11.7. The molecule has 7 nitrogen and oxygen atoms in total. The maximum absolute atomic E-state index is 12.8. The molecule has 0 spiro atoms. The van der Waals surface area contributed by atoms with Gasteiger partial charge in [-0.3, -0.25) is 4.79 Å². The van der Waals surface area contributed by atoms with Gasteiger partial charge in [0.1, 0.15) is 17.3 Å². The summed E-state index contributed by atoms with van der Waals surface area (Å²) in [5, 5.41) is 8.13. The first kappa shape index (κ1) is 16.4. The molecule has 1 aliphatic rings. The van der Waals surface area contributed by atoms with Crippen LogP contribution in [0.1, 0.15) is 18.2 Å². The summed E-state index contributed by atoms with van der Waals surface area (Å²) in [6.07, 6.45) is 2.66. The normalized spacial score (nSPS) is 17.2. The van der Waals surface area contributed by atoms with Crippen molar-refractivity contribution < 1.29 is 18.7 Å². The largest absolute Gasteiger partial charge is 0.484 e. The van der Waals surface area contributed by atoms with Gasteiger partial charge in [-0.05, 0) is 30.7 Å². The monoisotopic (exact) mass is 334 g/mol. The lowest BCUT2D eigenvalue weighted by Gasteiger charge is -2.16. The molecule has 0 bridgehead atoms. The molecule has 0 saturated carbocycles. The molecule has 2 heterocycles. The molecular formula is C16H19FN4O3. The average molecular weight is 334 g/mol. The number of benzene rings is 1. The van der Waals surface area contributed by atoms with E-state index in [1.54, 1.807) is 16.7 Å². The van der Waals surface area contributed by atoms with Gasteiger partial charge < -0.3 is 14.4 Å². The van der Waals surface area contributed by atoms with E-state index >= 15 is 0 Å². The molecule has 1 atom stereocenters. The number of carbonyl (C=O) groups is 1. The fraction of sp³-hybridized carbons (Fsp3) is 0.438. The van der Waals surface area contributed by atoms with Gasteiger partial charge in [-0.15, -0.1) is 5.10 Å². The van der Waals surface area contributed by atoms with Crippen LogP contribution >= 0.6 is 0 Å². The number of hydrogen-bond donors (Lipinski definition) is 0. The summed E-state index contributed by atoms with van der Waals surface area (Å²) in [5.74, 6) is 0.0387. The van der Waals surface area contributed by atoms with E-state index in [2.05, 4.69) is 10.3 Å². The molecule has 1 aliphatic heterocycles. The van der Waals surface area contributed by atoms with Crippen molar-refractivity contribution in [2.24, 2.45) is 0 Å². The molecule has 1 unspecified atom stereocenters. The van der Waals surface area contributed by atoms with Crippen LogP contribution in [0.4, 0.5) is 4.39 Å². The Morgan fingerprint density at radius 3 is 2.92 bits per heavy atom. The van der Waals surface area contributed by atoms with Gasteiger partial charge in [-0.25, -0.2) is 9.07 Å². The van der Waals surface area contributed by atoms with E-state index in [9.17, 15) is 9.18 Å². The summed E-state index contributed by atoms with van der Waals surface area (Å²) < 4.78 is 25.0. The van der Waals surface area contributed by atoms with E-state index in [0.717, 1.165) is 12.1 Å². The van der Waals surface area contributed by atoms with Crippen molar-refractivity contribution >= 4 is 5.91 Å². The van der Waals surface area contributed by atoms with Crippen LogP contribution in [-0.4, -0.2) is 52.6 Å². The fourth-order valence-corrected chi connectivity index (χ4v) is 2.66. The van der Waals surface area contributed by atoms with Crippen molar-refractivity contribution in [3.05, 3.63) is 42.0 Å². The number of amides is 1. The van der Waals surface area contributed by atoms with Gasteiger partial charge in [0, 0.05) is 20.2 Å². The van der Waals surface area contributed by atoms with Crippen molar-refractivity contribution in [3.8, 4) is 5.75 Å². The van der Waals surface area contributed by atoms with E-state index in [-0.39, 0.29) is 24.4 Å². The quantitative estimate of drug-likeness (QED) is 0.799. The minimum Gasteiger partial charge on any atom is -0.484 e. The molecule has 0 N–H and O–H groups in total. The first-order valence-corrected chi connectivity index (χ1v) is 7.71. The van der Waals surface area contributed by atoms with Crippen LogP contribution < -0.4 is 4.74 Å². The summed E-state index contributed by atoms with van der Waals surface area (Å²) in [6.45, 7) is 1.57. The first-order valence-electron chi connectivity index (χ1n) is 7.71. The zero-order chi connectivity index (χ0) is 16.9. The molecular weight excluding hydrogens is 315 g/mol.